The number of nitrogens with one attached hydrogen (secondary N) is 2. The van der Waals surface area contributed by atoms with Gasteiger partial charge in [0.1, 0.15) is 6.61 Å². The van der Waals surface area contributed by atoms with E-state index in [-0.39, 0.29) is 19.1 Å². The van der Waals surface area contributed by atoms with Crippen LogP contribution in [0.5, 0.6) is 0 Å². The molecule has 1 aromatic carbocycles. The summed E-state index contributed by atoms with van der Waals surface area (Å²) in [5.74, 6) is -0.208. The molecule has 110 valence electrons. The van der Waals surface area contributed by atoms with Crippen LogP contribution in [0.4, 0.5) is 10.5 Å². The SMILES string of the molecule is CCCNc1ccc(C)cc1C(=O)NCCOC(N)=O. The minimum atomic E-state index is -0.847. The Morgan fingerprint density at radius 2 is 2.05 bits per heavy atom. The van der Waals surface area contributed by atoms with Crippen LogP contribution >= 0.6 is 0 Å². The topological polar surface area (TPSA) is 93.4 Å². The fraction of sp³-hybridized carbons (Fsp3) is 0.429. The molecule has 0 aliphatic rings. The normalized spacial score (nSPS) is 9.90. The zero-order valence-electron chi connectivity index (χ0n) is 11.9. The van der Waals surface area contributed by atoms with Gasteiger partial charge in [-0.1, -0.05) is 18.6 Å². The first-order chi connectivity index (χ1) is 9.54. The summed E-state index contributed by atoms with van der Waals surface area (Å²) < 4.78 is 4.56. The lowest BCUT2D eigenvalue weighted by Crippen LogP contribution is -2.29. The van der Waals surface area contributed by atoms with Crippen molar-refractivity contribution in [1.29, 1.82) is 0 Å². The molecule has 0 heterocycles. The highest BCUT2D eigenvalue weighted by molar-refractivity contribution is 5.99. The molecule has 0 unspecified atom stereocenters. The molecule has 20 heavy (non-hydrogen) atoms. The molecule has 6 heteroatoms. The fourth-order valence-electron chi connectivity index (χ4n) is 1.67. The van der Waals surface area contributed by atoms with E-state index >= 15 is 0 Å². The second-order valence-corrected chi connectivity index (χ2v) is 4.40. The van der Waals surface area contributed by atoms with E-state index in [9.17, 15) is 9.59 Å². The molecule has 0 atom stereocenters. The van der Waals surface area contributed by atoms with Gasteiger partial charge in [-0.15, -0.1) is 0 Å². The Hall–Kier alpha value is -2.24. The van der Waals surface area contributed by atoms with Crippen molar-refractivity contribution in [3.63, 3.8) is 0 Å². The summed E-state index contributed by atoms with van der Waals surface area (Å²) in [7, 11) is 0. The van der Waals surface area contributed by atoms with Gasteiger partial charge < -0.3 is 21.1 Å². The van der Waals surface area contributed by atoms with Gasteiger partial charge in [-0.3, -0.25) is 4.79 Å². The Bertz CT molecular complexity index is 475. The van der Waals surface area contributed by atoms with Gasteiger partial charge >= 0.3 is 6.09 Å². The summed E-state index contributed by atoms with van der Waals surface area (Å²) in [4.78, 5) is 22.5. The quantitative estimate of drug-likeness (QED) is 0.661. The zero-order valence-corrected chi connectivity index (χ0v) is 11.9. The van der Waals surface area contributed by atoms with Gasteiger partial charge in [0, 0.05) is 12.2 Å². The average molecular weight is 279 g/mol. The molecule has 0 aliphatic heterocycles. The van der Waals surface area contributed by atoms with Gasteiger partial charge in [0.05, 0.1) is 12.1 Å². The molecule has 0 aromatic heterocycles. The van der Waals surface area contributed by atoms with Crippen LogP contribution in [-0.2, 0) is 4.74 Å². The maximum Gasteiger partial charge on any atom is 0.404 e. The molecule has 0 radical (unpaired) electrons. The molecule has 0 fully saturated rings. The lowest BCUT2D eigenvalue weighted by atomic mass is 10.1. The number of hydrogen-bond acceptors (Lipinski definition) is 4. The summed E-state index contributed by atoms with van der Waals surface area (Å²) in [6.07, 6.45) is 0.126. The van der Waals surface area contributed by atoms with Crippen LogP contribution < -0.4 is 16.4 Å². The number of primary amides is 1. The van der Waals surface area contributed by atoms with Crippen molar-refractivity contribution < 1.29 is 14.3 Å². The maximum absolute atomic E-state index is 12.1. The van der Waals surface area contributed by atoms with E-state index in [1.165, 1.54) is 0 Å². The van der Waals surface area contributed by atoms with E-state index < -0.39 is 6.09 Å². The third kappa shape index (κ3) is 5.17. The van der Waals surface area contributed by atoms with E-state index in [2.05, 4.69) is 22.3 Å². The summed E-state index contributed by atoms with van der Waals surface area (Å²) in [6, 6.07) is 5.66. The first-order valence-corrected chi connectivity index (χ1v) is 6.59. The van der Waals surface area contributed by atoms with Crippen molar-refractivity contribution in [2.24, 2.45) is 5.73 Å². The number of hydrogen-bond donors (Lipinski definition) is 3. The molecule has 1 rings (SSSR count). The number of aryl methyl sites for hydroxylation is 1. The Morgan fingerprint density at radius 3 is 2.70 bits per heavy atom. The Morgan fingerprint density at radius 1 is 1.30 bits per heavy atom. The van der Waals surface area contributed by atoms with Crippen molar-refractivity contribution in [2.75, 3.05) is 25.0 Å². The Labute approximate surface area is 118 Å². The van der Waals surface area contributed by atoms with Gasteiger partial charge in [-0.25, -0.2) is 4.79 Å². The van der Waals surface area contributed by atoms with Crippen molar-refractivity contribution in [3.8, 4) is 0 Å². The molecule has 0 saturated carbocycles. The molecule has 1 aromatic rings. The van der Waals surface area contributed by atoms with E-state index in [0.717, 1.165) is 24.2 Å². The number of carbonyl (C=O) groups excluding carboxylic acids is 2. The smallest absolute Gasteiger partial charge is 0.404 e. The molecule has 0 spiro atoms. The molecular formula is C14H21N3O3. The highest BCUT2D eigenvalue weighted by Crippen LogP contribution is 2.17. The predicted octanol–water partition coefficient (Wildman–Crippen LogP) is 1.64. The second kappa shape index (κ2) is 8.04. The molecule has 4 N–H and O–H groups in total. The second-order valence-electron chi connectivity index (χ2n) is 4.40. The third-order valence-electron chi connectivity index (χ3n) is 2.62. The fourth-order valence-corrected chi connectivity index (χ4v) is 1.67. The van der Waals surface area contributed by atoms with Crippen molar-refractivity contribution in [3.05, 3.63) is 29.3 Å². The highest BCUT2D eigenvalue weighted by atomic mass is 16.5. The minimum absolute atomic E-state index is 0.0601. The number of anilines is 1. The number of ether oxygens (including phenoxy) is 1. The van der Waals surface area contributed by atoms with Crippen molar-refractivity contribution >= 4 is 17.7 Å². The Balaban J connectivity index is 2.65. The van der Waals surface area contributed by atoms with Crippen LogP contribution in [-0.4, -0.2) is 31.7 Å². The standard InChI is InChI=1S/C14H21N3O3/c1-3-6-16-12-5-4-10(2)9-11(12)13(18)17-7-8-20-14(15)19/h4-5,9,16H,3,6-8H2,1-2H3,(H2,15,19)(H,17,18). The maximum atomic E-state index is 12.1. The van der Waals surface area contributed by atoms with Crippen LogP contribution in [0.15, 0.2) is 18.2 Å². The third-order valence-corrected chi connectivity index (χ3v) is 2.62. The van der Waals surface area contributed by atoms with Gasteiger partial charge in [0.25, 0.3) is 5.91 Å². The Kier molecular flexibility index (Phi) is 6.36. The number of nitrogens with two attached hydrogens (primary N) is 1. The molecule has 0 saturated heterocycles. The number of amides is 2. The summed E-state index contributed by atoms with van der Waals surface area (Å²) in [6.45, 7) is 5.07. The van der Waals surface area contributed by atoms with Gasteiger partial charge in [0.15, 0.2) is 0 Å². The van der Waals surface area contributed by atoms with E-state index in [0.29, 0.717) is 5.56 Å². The van der Waals surface area contributed by atoms with Crippen LogP contribution in [0.25, 0.3) is 0 Å². The summed E-state index contributed by atoms with van der Waals surface area (Å²) >= 11 is 0. The number of carbonyl (C=O) groups is 2. The average Bonchev–Trinajstić information content (AvgIpc) is 2.41. The van der Waals surface area contributed by atoms with Crippen molar-refractivity contribution in [1.82, 2.24) is 5.32 Å². The first kappa shape index (κ1) is 15.8. The molecule has 6 nitrogen and oxygen atoms in total. The van der Waals surface area contributed by atoms with Crippen molar-refractivity contribution in [2.45, 2.75) is 20.3 Å². The largest absolute Gasteiger partial charge is 0.448 e. The molecule has 2 amide bonds. The van der Waals surface area contributed by atoms with Crippen LogP contribution in [0, 0.1) is 6.92 Å². The monoisotopic (exact) mass is 279 g/mol. The predicted molar refractivity (Wildman–Crippen MR) is 77.8 cm³/mol. The summed E-state index contributed by atoms with van der Waals surface area (Å²) in [5.41, 5.74) is 7.22. The first-order valence-electron chi connectivity index (χ1n) is 6.59. The lowest BCUT2D eigenvalue weighted by molar-refractivity contribution is 0.0937. The molecular weight excluding hydrogens is 258 g/mol. The van der Waals surface area contributed by atoms with Crippen LogP contribution in [0.2, 0.25) is 0 Å². The highest BCUT2D eigenvalue weighted by Gasteiger charge is 2.11. The van der Waals surface area contributed by atoms with E-state index in [4.69, 9.17) is 5.73 Å². The summed E-state index contributed by atoms with van der Waals surface area (Å²) in [5, 5.41) is 5.90. The molecule has 0 aliphatic carbocycles. The zero-order chi connectivity index (χ0) is 15.0. The van der Waals surface area contributed by atoms with E-state index in [1.54, 1.807) is 0 Å². The number of rotatable bonds is 7. The minimum Gasteiger partial charge on any atom is -0.448 e. The van der Waals surface area contributed by atoms with E-state index in [1.807, 2.05) is 25.1 Å². The number of benzene rings is 1. The van der Waals surface area contributed by atoms with Gasteiger partial charge in [-0.05, 0) is 25.5 Å². The molecule has 0 bridgehead atoms. The van der Waals surface area contributed by atoms with Gasteiger partial charge in [-0.2, -0.15) is 0 Å². The van der Waals surface area contributed by atoms with Crippen LogP contribution in [0.1, 0.15) is 29.3 Å². The van der Waals surface area contributed by atoms with Crippen LogP contribution in [0.3, 0.4) is 0 Å². The van der Waals surface area contributed by atoms with Gasteiger partial charge in [0.2, 0.25) is 0 Å². The lowest BCUT2D eigenvalue weighted by Gasteiger charge is -2.12.